The van der Waals surface area contributed by atoms with Crippen molar-refractivity contribution in [3.63, 3.8) is 0 Å². The molecule has 0 saturated carbocycles. The van der Waals surface area contributed by atoms with E-state index >= 15 is 0 Å². The highest BCUT2D eigenvalue weighted by molar-refractivity contribution is 4.81. The third-order valence-electron chi connectivity index (χ3n) is 1.72. The molecule has 2 N–H and O–H groups in total. The molecule has 0 amide bonds. The molecule has 0 saturated heterocycles. The summed E-state index contributed by atoms with van der Waals surface area (Å²) in [6.45, 7) is 13.2. The first-order valence-corrected chi connectivity index (χ1v) is 4.66. The zero-order valence-corrected chi connectivity index (χ0v) is 9.41. The Kier molecular flexibility index (Phi) is 4.21. The predicted octanol–water partition coefficient (Wildman–Crippen LogP) is 1.62. The molecule has 2 heteroatoms. The minimum Gasteiger partial charge on any atom is -0.318 e. The van der Waals surface area contributed by atoms with Crippen LogP contribution >= 0.6 is 0 Å². The van der Waals surface area contributed by atoms with Gasteiger partial charge in [-0.1, -0.05) is 20.8 Å². The highest BCUT2D eigenvalue weighted by atomic mass is 15.0. The summed E-state index contributed by atoms with van der Waals surface area (Å²) in [7, 11) is 1.99. The molecule has 0 aromatic carbocycles. The molecular weight excluding hydrogens is 148 g/mol. The van der Waals surface area contributed by atoms with Crippen molar-refractivity contribution in [1.29, 1.82) is 0 Å². The molecule has 0 fully saturated rings. The lowest BCUT2D eigenvalue weighted by atomic mass is 9.94. The zero-order chi connectivity index (χ0) is 9.83. The van der Waals surface area contributed by atoms with Gasteiger partial charge in [0.25, 0.3) is 0 Å². The van der Waals surface area contributed by atoms with Gasteiger partial charge in [-0.05, 0) is 26.3 Å². The van der Waals surface area contributed by atoms with E-state index in [0.717, 1.165) is 13.1 Å². The summed E-state index contributed by atoms with van der Waals surface area (Å²) < 4.78 is 0. The van der Waals surface area contributed by atoms with Crippen LogP contribution in [0.1, 0.15) is 34.6 Å². The zero-order valence-electron chi connectivity index (χ0n) is 9.41. The van der Waals surface area contributed by atoms with E-state index in [-0.39, 0.29) is 5.54 Å². The normalized spacial score (nSPS) is 13.5. The largest absolute Gasteiger partial charge is 0.318 e. The lowest BCUT2D eigenvalue weighted by Gasteiger charge is -2.30. The molecule has 0 heterocycles. The third kappa shape index (κ3) is 6.62. The highest BCUT2D eigenvalue weighted by Gasteiger charge is 2.19. The van der Waals surface area contributed by atoms with Crippen LogP contribution in [0, 0.1) is 5.41 Å². The van der Waals surface area contributed by atoms with E-state index in [0.29, 0.717) is 5.41 Å². The number of hydrogen-bond acceptors (Lipinski definition) is 2. The average Bonchev–Trinajstić information content (AvgIpc) is 1.83. The van der Waals surface area contributed by atoms with E-state index in [1.54, 1.807) is 0 Å². The van der Waals surface area contributed by atoms with Crippen molar-refractivity contribution in [3.05, 3.63) is 0 Å². The fraction of sp³-hybridized carbons (Fsp3) is 1.00. The summed E-state index contributed by atoms with van der Waals surface area (Å²) in [6.07, 6.45) is 0. The second kappa shape index (κ2) is 4.24. The number of hydrogen-bond donors (Lipinski definition) is 2. The molecule has 0 bridgehead atoms. The van der Waals surface area contributed by atoms with Gasteiger partial charge >= 0.3 is 0 Å². The van der Waals surface area contributed by atoms with Gasteiger partial charge < -0.3 is 10.6 Å². The summed E-state index contributed by atoms with van der Waals surface area (Å²) in [4.78, 5) is 0. The maximum absolute atomic E-state index is 3.54. The summed E-state index contributed by atoms with van der Waals surface area (Å²) in [5.41, 5.74) is 0.563. The number of rotatable bonds is 4. The lowest BCUT2D eigenvalue weighted by Crippen LogP contribution is -2.49. The van der Waals surface area contributed by atoms with Gasteiger partial charge in [0.1, 0.15) is 0 Å². The molecule has 0 radical (unpaired) electrons. The lowest BCUT2D eigenvalue weighted by molar-refractivity contribution is 0.295. The molecule has 0 unspecified atom stereocenters. The predicted molar refractivity (Wildman–Crippen MR) is 55.5 cm³/mol. The first kappa shape index (κ1) is 11.9. The Morgan fingerprint density at radius 3 is 1.75 bits per heavy atom. The van der Waals surface area contributed by atoms with Gasteiger partial charge in [-0.3, -0.25) is 0 Å². The van der Waals surface area contributed by atoms with Crippen molar-refractivity contribution in [2.75, 3.05) is 20.1 Å². The number of likely N-dealkylation sites (N-methyl/N-ethyl adjacent to an activating group) is 1. The molecule has 0 aliphatic rings. The van der Waals surface area contributed by atoms with Gasteiger partial charge in [0.2, 0.25) is 0 Å². The van der Waals surface area contributed by atoms with Crippen LogP contribution in [0.2, 0.25) is 0 Å². The van der Waals surface area contributed by atoms with Crippen molar-refractivity contribution < 1.29 is 0 Å². The Hall–Kier alpha value is -0.0800. The van der Waals surface area contributed by atoms with Crippen LogP contribution in [0.4, 0.5) is 0 Å². The molecule has 2 nitrogen and oxygen atoms in total. The first-order valence-electron chi connectivity index (χ1n) is 4.66. The molecular formula is C10H24N2. The summed E-state index contributed by atoms with van der Waals surface area (Å²) in [6, 6.07) is 0. The van der Waals surface area contributed by atoms with Gasteiger partial charge in [0.05, 0.1) is 0 Å². The topological polar surface area (TPSA) is 24.1 Å². The Balaban J connectivity index is 3.75. The van der Waals surface area contributed by atoms with Crippen molar-refractivity contribution in [1.82, 2.24) is 10.6 Å². The molecule has 0 aliphatic heterocycles. The molecule has 0 atom stereocenters. The maximum atomic E-state index is 3.54. The van der Waals surface area contributed by atoms with Gasteiger partial charge in [-0.25, -0.2) is 0 Å². The van der Waals surface area contributed by atoms with E-state index in [2.05, 4.69) is 45.3 Å². The third-order valence-corrected chi connectivity index (χ3v) is 1.72. The Labute approximate surface area is 77.1 Å². The van der Waals surface area contributed by atoms with Crippen LogP contribution in [0.3, 0.4) is 0 Å². The van der Waals surface area contributed by atoms with Crippen molar-refractivity contribution in [2.45, 2.75) is 40.2 Å². The van der Waals surface area contributed by atoms with Gasteiger partial charge in [-0.15, -0.1) is 0 Å². The fourth-order valence-corrected chi connectivity index (χ4v) is 1.01. The number of nitrogens with one attached hydrogen (secondary N) is 2. The van der Waals surface area contributed by atoms with Crippen molar-refractivity contribution >= 4 is 0 Å². The quantitative estimate of drug-likeness (QED) is 0.673. The minimum absolute atomic E-state index is 0.196. The smallest absolute Gasteiger partial charge is 0.0249 e. The van der Waals surface area contributed by atoms with Crippen LogP contribution in [0.15, 0.2) is 0 Å². The average molecular weight is 172 g/mol. The highest BCUT2D eigenvalue weighted by Crippen LogP contribution is 2.12. The standard InChI is InChI=1S/C10H24N2/c1-9(2,3)7-12-10(4,5)8-11-6/h11-12H,7-8H2,1-6H3. The molecule has 0 rings (SSSR count). The van der Waals surface area contributed by atoms with Crippen LogP contribution in [0.5, 0.6) is 0 Å². The molecule has 0 spiro atoms. The molecule has 12 heavy (non-hydrogen) atoms. The molecule has 0 aliphatic carbocycles. The molecule has 0 aromatic rings. The van der Waals surface area contributed by atoms with Crippen LogP contribution in [-0.2, 0) is 0 Å². The summed E-state index contributed by atoms with van der Waals surface area (Å²) in [5, 5.41) is 6.72. The second-order valence-electron chi connectivity index (χ2n) is 5.33. The van der Waals surface area contributed by atoms with E-state index in [4.69, 9.17) is 0 Å². The Morgan fingerprint density at radius 1 is 0.917 bits per heavy atom. The van der Waals surface area contributed by atoms with Crippen molar-refractivity contribution in [3.8, 4) is 0 Å². The van der Waals surface area contributed by atoms with E-state index in [1.807, 2.05) is 7.05 Å². The van der Waals surface area contributed by atoms with E-state index < -0.39 is 0 Å². The van der Waals surface area contributed by atoms with Crippen LogP contribution in [0.25, 0.3) is 0 Å². The fourth-order valence-electron chi connectivity index (χ4n) is 1.01. The Bertz CT molecular complexity index is 122. The van der Waals surface area contributed by atoms with E-state index in [1.165, 1.54) is 0 Å². The van der Waals surface area contributed by atoms with Crippen LogP contribution < -0.4 is 10.6 Å². The summed E-state index contributed by atoms with van der Waals surface area (Å²) >= 11 is 0. The SMILES string of the molecule is CNCC(C)(C)NCC(C)(C)C. The van der Waals surface area contributed by atoms with Gasteiger partial charge in [0.15, 0.2) is 0 Å². The van der Waals surface area contributed by atoms with Crippen molar-refractivity contribution in [2.24, 2.45) is 5.41 Å². The monoisotopic (exact) mass is 172 g/mol. The van der Waals surface area contributed by atoms with Gasteiger partial charge in [-0.2, -0.15) is 0 Å². The molecule has 0 aromatic heterocycles. The first-order chi connectivity index (χ1) is 5.27. The second-order valence-corrected chi connectivity index (χ2v) is 5.33. The maximum Gasteiger partial charge on any atom is 0.0249 e. The Morgan fingerprint density at radius 2 is 1.42 bits per heavy atom. The molecule has 74 valence electrons. The summed E-state index contributed by atoms with van der Waals surface area (Å²) in [5.74, 6) is 0. The van der Waals surface area contributed by atoms with Gasteiger partial charge in [0, 0.05) is 18.6 Å². The minimum atomic E-state index is 0.196. The van der Waals surface area contributed by atoms with E-state index in [9.17, 15) is 0 Å². The van der Waals surface area contributed by atoms with Crippen LogP contribution in [-0.4, -0.2) is 25.7 Å².